The Morgan fingerprint density at radius 1 is 1.17 bits per heavy atom. The molecule has 3 aliphatic rings. The summed E-state index contributed by atoms with van der Waals surface area (Å²) in [6.07, 6.45) is 2.44. The number of hydrogen-bond donors (Lipinski definition) is 1. The van der Waals surface area contributed by atoms with Crippen LogP contribution in [0.3, 0.4) is 0 Å². The molecule has 5 heteroatoms. The van der Waals surface area contributed by atoms with Crippen LogP contribution in [0.15, 0.2) is 0 Å². The van der Waals surface area contributed by atoms with Gasteiger partial charge in [-0.3, -0.25) is 0 Å². The highest BCUT2D eigenvalue weighted by Crippen LogP contribution is 2.43. The van der Waals surface area contributed by atoms with E-state index >= 15 is 0 Å². The summed E-state index contributed by atoms with van der Waals surface area (Å²) in [5, 5.41) is 3.66. The minimum atomic E-state index is -0.383. The lowest BCUT2D eigenvalue weighted by Gasteiger charge is -2.25. The first kappa shape index (κ1) is 13.9. The van der Waals surface area contributed by atoms with Crippen molar-refractivity contribution >= 4 is 18.5 Å². The third-order valence-corrected chi connectivity index (χ3v) is 4.31. The summed E-state index contributed by atoms with van der Waals surface area (Å²) in [5.41, 5.74) is -0.383. The Labute approximate surface area is 115 Å². The number of carbonyl (C=O) groups is 1. The topological polar surface area (TPSA) is 41.6 Å². The lowest BCUT2D eigenvalue weighted by Crippen LogP contribution is -2.38. The molecule has 0 aromatic heterocycles. The number of ether oxygens (including phenoxy) is 1. The first-order chi connectivity index (χ1) is 7.94. The lowest BCUT2D eigenvalue weighted by molar-refractivity contribution is 0.0278. The molecule has 0 saturated carbocycles. The first-order valence-corrected chi connectivity index (χ1v) is 6.68. The maximum absolute atomic E-state index is 12.0. The van der Waals surface area contributed by atoms with E-state index in [4.69, 9.17) is 4.74 Å². The second kappa shape index (κ2) is 4.57. The first-order valence-electron chi connectivity index (χ1n) is 6.68. The molecule has 4 unspecified atom stereocenters. The minimum absolute atomic E-state index is 0. The van der Waals surface area contributed by atoms with E-state index in [1.165, 1.54) is 12.8 Å². The number of likely N-dealkylation sites (tertiary alicyclic amines) is 1. The van der Waals surface area contributed by atoms with E-state index in [2.05, 4.69) is 5.32 Å². The van der Waals surface area contributed by atoms with Gasteiger partial charge in [0.25, 0.3) is 0 Å². The van der Waals surface area contributed by atoms with Gasteiger partial charge in [0.15, 0.2) is 0 Å². The van der Waals surface area contributed by atoms with Crippen molar-refractivity contribution < 1.29 is 9.53 Å². The van der Waals surface area contributed by atoms with E-state index in [9.17, 15) is 4.79 Å². The zero-order valence-electron chi connectivity index (χ0n) is 11.3. The normalized spacial score (nSPS) is 37.4. The summed E-state index contributed by atoms with van der Waals surface area (Å²) in [5.74, 6) is 1.34. The summed E-state index contributed by atoms with van der Waals surface area (Å²) in [6.45, 7) is 7.54. The van der Waals surface area contributed by atoms with Crippen LogP contribution < -0.4 is 5.32 Å². The van der Waals surface area contributed by atoms with E-state index in [0.29, 0.717) is 23.9 Å². The molecule has 0 aromatic rings. The molecule has 3 aliphatic heterocycles. The largest absolute Gasteiger partial charge is 0.444 e. The fraction of sp³-hybridized carbons (Fsp3) is 0.923. The Kier molecular flexibility index (Phi) is 3.54. The monoisotopic (exact) mass is 274 g/mol. The second-order valence-electron chi connectivity index (χ2n) is 6.67. The van der Waals surface area contributed by atoms with E-state index in [1.807, 2.05) is 25.7 Å². The van der Waals surface area contributed by atoms with Gasteiger partial charge >= 0.3 is 6.09 Å². The highest BCUT2D eigenvalue weighted by Gasteiger charge is 2.52. The van der Waals surface area contributed by atoms with Crippen molar-refractivity contribution in [1.82, 2.24) is 10.2 Å². The van der Waals surface area contributed by atoms with Gasteiger partial charge in [-0.05, 0) is 45.4 Å². The zero-order chi connectivity index (χ0) is 12.2. The Bertz CT molecular complexity index is 324. The maximum Gasteiger partial charge on any atom is 0.410 e. The molecule has 0 spiro atoms. The SMILES string of the molecule is CC(C)(C)OC(=O)N1CC2C3CCC(N3)C2C1.Cl. The summed E-state index contributed by atoms with van der Waals surface area (Å²) >= 11 is 0. The molecule has 0 radical (unpaired) electrons. The predicted molar refractivity (Wildman–Crippen MR) is 72.0 cm³/mol. The second-order valence-corrected chi connectivity index (χ2v) is 6.67. The Morgan fingerprint density at radius 3 is 2.11 bits per heavy atom. The molecular formula is C13H23ClN2O2. The van der Waals surface area contributed by atoms with Crippen LogP contribution in [0.5, 0.6) is 0 Å². The number of fused-ring (bicyclic) bond motifs is 5. The molecule has 0 aliphatic carbocycles. The predicted octanol–water partition coefficient (Wildman–Crippen LogP) is 2.03. The zero-order valence-corrected chi connectivity index (χ0v) is 12.1. The Morgan fingerprint density at radius 2 is 1.67 bits per heavy atom. The van der Waals surface area contributed by atoms with E-state index in [1.54, 1.807) is 0 Å². The van der Waals surface area contributed by atoms with E-state index in [-0.39, 0.29) is 24.1 Å². The minimum Gasteiger partial charge on any atom is -0.444 e. The number of carbonyl (C=O) groups excluding carboxylic acids is 1. The molecular weight excluding hydrogens is 252 g/mol. The number of halogens is 1. The van der Waals surface area contributed by atoms with Gasteiger partial charge < -0.3 is 15.0 Å². The fourth-order valence-corrected chi connectivity index (χ4v) is 3.66. The average molecular weight is 275 g/mol. The molecule has 104 valence electrons. The Hall–Kier alpha value is -0.480. The van der Waals surface area contributed by atoms with Crippen LogP contribution in [0.4, 0.5) is 4.79 Å². The molecule has 1 N–H and O–H groups in total. The van der Waals surface area contributed by atoms with Crippen LogP contribution in [0.2, 0.25) is 0 Å². The smallest absolute Gasteiger partial charge is 0.410 e. The van der Waals surface area contributed by atoms with Gasteiger partial charge in [-0.2, -0.15) is 0 Å². The molecule has 4 nitrogen and oxygen atoms in total. The number of rotatable bonds is 0. The molecule has 3 saturated heterocycles. The summed E-state index contributed by atoms with van der Waals surface area (Å²) in [6, 6.07) is 1.30. The highest BCUT2D eigenvalue weighted by molar-refractivity contribution is 5.85. The van der Waals surface area contributed by atoms with Crippen molar-refractivity contribution in [1.29, 1.82) is 0 Å². The van der Waals surface area contributed by atoms with Crippen molar-refractivity contribution in [3.8, 4) is 0 Å². The lowest BCUT2D eigenvalue weighted by atomic mass is 9.82. The maximum atomic E-state index is 12.0. The van der Waals surface area contributed by atoms with Crippen LogP contribution in [-0.2, 0) is 4.74 Å². The van der Waals surface area contributed by atoms with Gasteiger partial charge in [-0.1, -0.05) is 0 Å². The Balaban J connectivity index is 0.00000120. The van der Waals surface area contributed by atoms with Crippen LogP contribution >= 0.6 is 12.4 Å². The number of amides is 1. The molecule has 3 rings (SSSR count). The number of nitrogens with zero attached hydrogens (tertiary/aromatic N) is 1. The molecule has 3 fully saturated rings. The molecule has 1 amide bonds. The highest BCUT2D eigenvalue weighted by atomic mass is 35.5. The number of hydrogen-bond acceptors (Lipinski definition) is 3. The fourth-order valence-electron chi connectivity index (χ4n) is 3.66. The third kappa shape index (κ3) is 2.32. The average Bonchev–Trinajstić information content (AvgIpc) is 2.87. The van der Waals surface area contributed by atoms with Crippen molar-refractivity contribution in [3.63, 3.8) is 0 Å². The van der Waals surface area contributed by atoms with Crippen molar-refractivity contribution in [2.45, 2.75) is 51.3 Å². The van der Waals surface area contributed by atoms with Crippen LogP contribution in [0, 0.1) is 11.8 Å². The third-order valence-electron chi connectivity index (χ3n) is 4.31. The number of nitrogens with one attached hydrogen (secondary N) is 1. The summed E-state index contributed by atoms with van der Waals surface area (Å²) in [4.78, 5) is 13.9. The van der Waals surface area contributed by atoms with Gasteiger partial charge in [0.05, 0.1) is 0 Å². The summed E-state index contributed by atoms with van der Waals surface area (Å²) < 4.78 is 5.44. The molecule has 2 bridgehead atoms. The quantitative estimate of drug-likeness (QED) is 0.735. The van der Waals surface area contributed by atoms with Crippen LogP contribution in [0.25, 0.3) is 0 Å². The molecule has 0 aromatic carbocycles. The standard InChI is InChI=1S/C13H22N2O2.ClH/c1-13(2,3)17-12(16)15-6-8-9(7-15)11-5-4-10(8)14-11;/h8-11,14H,4-7H2,1-3H3;1H. The van der Waals surface area contributed by atoms with Gasteiger partial charge in [-0.15, -0.1) is 12.4 Å². The molecule has 3 heterocycles. The van der Waals surface area contributed by atoms with E-state index < -0.39 is 0 Å². The molecule has 4 atom stereocenters. The van der Waals surface area contributed by atoms with Gasteiger partial charge in [-0.25, -0.2) is 4.79 Å². The van der Waals surface area contributed by atoms with Gasteiger partial charge in [0, 0.05) is 25.2 Å². The van der Waals surface area contributed by atoms with Crippen LogP contribution in [0.1, 0.15) is 33.6 Å². The van der Waals surface area contributed by atoms with E-state index in [0.717, 1.165) is 13.1 Å². The molecule has 18 heavy (non-hydrogen) atoms. The van der Waals surface area contributed by atoms with Crippen LogP contribution in [-0.4, -0.2) is 41.8 Å². The van der Waals surface area contributed by atoms with Gasteiger partial charge in [0.2, 0.25) is 0 Å². The van der Waals surface area contributed by atoms with Crippen molar-refractivity contribution in [2.24, 2.45) is 11.8 Å². The van der Waals surface area contributed by atoms with Crippen molar-refractivity contribution in [3.05, 3.63) is 0 Å². The van der Waals surface area contributed by atoms with Gasteiger partial charge in [0.1, 0.15) is 5.60 Å². The van der Waals surface area contributed by atoms with Crippen molar-refractivity contribution in [2.75, 3.05) is 13.1 Å². The summed E-state index contributed by atoms with van der Waals surface area (Å²) in [7, 11) is 0.